The summed E-state index contributed by atoms with van der Waals surface area (Å²) in [5.74, 6) is -0.236. The van der Waals surface area contributed by atoms with Crippen LogP contribution in [0, 0.1) is 5.82 Å². The van der Waals surface area contributed by atoms with Gasteiger partial charge in [-0.15, -0.1) is 0 Å². The van der Waals surface area contributed by atoms with E-state index in [1.807, 2.05) is 0 Å². The van der Waals surface area contributed by atoms with E-state index in [0.717, 1.165) is 31.2 Å². The molecule has 1 aliphatic rings. The normalized spacial score (nSPS) is 19.3. The van der Waals surface area contributed by atoms with E-state index in [2.05, 4.69) is 15.9 Å². The molecule has 0 amide bonds. The molecular weight excluding hydrogens is 297 g/mol. The van der Waals surface area contributed by atoms with Crippen molar-refractivity contribution in [3.8, 4) is 0 Å². The van der Waals surface area contributed by atoms with Crippen LogP contribution in [-0.2, 0) is 11.2 Å². The molecule has 1 aromatic carbocycles. The van der Waals surface area contributed by atoms with Crippen LogP contribution < -0.4 is 5.73 Å². The minimum atomic E-state index is -0.236. The molecule has 0 aromatic heterocycles. The molecule has 0 bridgehead atoms. The van der Waals surface area contributed by atoms with Crippen LogP contribution in [0.1, 0.15) is 31.2 Å². The summed E-state index contributed by atoms with van der Waals surface area (Å²) in [7, 11) is 1.76. The lowest BCUT2D eigenvalue weighted by Crippen LogP contribution is -2.44. The Labute approximate surface area is 116 Å². The molecule has 100 valence electrons. The lowest BCUT2D eigenvalue weighted by atomic mass is 9.75. The van der Waals surface area contributed by atoms with Crippen molar-refractivity contribution in [1.82, 2.24) is 0 Å². The second-order valence-corrected chi connectivity index (χ2v) is 6.01. The van der Waals surface area contributed by atoms with Gasteiger partial charge in [0, 0.05) is 13.2 Å². The Morgan fingerprint density at radius 2 is 2.22 bits per heavy atom. The highest BCUT2D eigenvalue weighted by atomic mass is 79.9. The van der Waals surface area contributed by atoms with Crippen molar-refractivity contribution in [2.75, 3.05) is 7.11 Å². The van der Waals surface area contributed by atoms with Crippen LogP contribution in [0.5, 0.6) is 0 Å². The van der Waals surface area contributed by atoms with Crippen LogP contribution in [-0.4, -0.2) is 18.8 Å². The lowest BCUT2D eigenvalue weighted by molar-refractivity contribution is -0.0813. The topological polar surface area (TPSA) is 35.2 Å². The molecular formula is C14H19BrFNO. The smallest absolute Gasteiger partial charge is 0.137 e. The fourth-order valence-corrected chi connectivity index (χ4v) is 3.01. The number of nitrogens with two attached hydrogens (primary N) is 1. The first-order valence-corrected chi connectivity index (χ1v) is 7.09. The third kappa shape index (κ3) is 3.11. The molecule has 0 spiro atoms. The predicted molar refractivity (Wildman–Crippen MR) is 74.0 cm³/mol. The quantitative estimate of drug-likeness (QED) is 0.903. The summed E-state index contributed by atoms with van der Waals surface area (Å²) in [6, 6.07) is 5.12. The van der Waals surface area contributed by atoms with Gasteiger partial charge in [0.25, 0.3) is 0 Å². The number of hydrogen-bond acceptors (Lipinski definition) is 2. The van der Waals surface area contributed by atoms with E-state index in [0.29, 0.717) is 4.47 Å². The average molecular weight is 316 g/mol. The monoisotopic (exact) mass is 315 g/mol. The number of benzene rings is 1. The molecule has 1 aromatic rings. The van der Waals surface area contributed by atoms with Crippen molar-refractivity contribution in [2.45, 2.75) is 43.7 Å². The van der Waals surface area contributed by atoms with Gasteiger partial charge in [-0.3, -0.25) is 0 Å². The summed E-state index contributed by atoms with van der Waals surface area (Å²) in [6.07, 6.45) is 5.06. The van der Waals surface area contributed by atoms with Crippen molar-refractivity contribution in [2.24, 2.45) is 5.73 Å². The zero-order valence-corrected chi connectivity index (χ0v) is 12.2. The minimum Gasteiger partial charge on any atom is -0.378 e. The van der Waals surface area contributed by atoms with Crippen LogP contribution in [0.25, 0.3) is 0 Å². The van der Waals surface area contributed by atoms with Gasteiger partial charge in [-0.1, -0.05) is 6.07 Å². The zero-order valence-electron chi connectivity index (χ0n) is 10.6. The fraction of sp³-hybridized carbons (Fsp3) is 0.571. The summed E-state index contributed by atoms with van der Waals surface area (Å²) in [4.78, 5) is 0. The molecule has 2 N–H and O–H groups in total. The van der Waals surface area contributed by atoms with Crippen LogP contribution in [0.3, 0.4) is 0 Å². The number of methoxy groups -OCH3 is 1. The molecule has 0 heterocycles. The highest BCUT2D eigenvalue weighted by molar-refractivity contribution is 9.10. The average Bonchev–Trinajstić information content (AvgIpc) is 2.29. The molecule has 1 saturated carbocycles. The van der Waals surface area contributed by atoms with E-state index >= 15 is 0 Å². The van der Waals surface area contributed by atoms with E-state index < -0.39 is 0 Å². The Morgan fingerprint density at radius 1 is 1.50 bits per heavy atom. The van der Waals surface area contributed by atoms with Crippen LogP contribution in [0.15, 0.2) is 22.7 Å². The van der Waals surface area contributed by atoms with Gasteiger partial charge in [0.15, 0.2) is 0 Å². The molecule has 0 radical (unpaired) electrons. The highest BCUT2D eigenvalue weighted by Crippen LogP contribution is 2.39. The van der Waals surface area contributed by atoms with Gasteiger partial charge in [0.05, 0.1) is 10.1 Å². The van der Waals surface area contributed by atoms with Gasteiger partial charge < -0.3 is 10.5 Å². The molecule has 1 fully saturated rings. The van der Waals surface area contributed by atoms with Crippen molar-refractivity contribution in [3.05, 3.63) is 34.1 Å². The van der Waals surface area contributed by atoms with Crippen LogP contribution in [0.4, 0.5) is 4.39 Å². The summed E-state index contributed by atoms with van der Waals surface area (Å²) in [5, 5.41) is 0. The molecule has 1 atom stereocenters. The van der Waals surface area contributed by atoms with Crippen molar-refractivity contribution in [3.63, 3.8) is 0 Å². The molecule has 18 heavy (non-hydrogen) atoms. The molecule has 0 aliphatic heterocycles. The van der Waals surface area contributed by atoms with Gasteiger partial charge in [0.2, 0.25) is 0 Å². The number of hydrogen-bond donors (Lipinski definition) is 1. The van der Waals surface area contributed by atoms with E-state index in [1.54, 1.807) is 19.2 Å². The number of rotatable bonds is 5. The predicted octanol–water partition coefficient (Wildman–Crippen LogP) is 3.42. The molecule has 1 unspecified atom stereocenters. The first-order chi connectivity index (χ1) is 8.54. The Hall–Kier alpha value is -0.450. The molecule has 4 heteroatoms. The third-order valence-electron chi connectivity index (χ3n) is 3.81. The first-order valence-electron chi connectivity index (χ1n) is 6.29. The Bertz CT molecular complexity index is 415. The standard InChI is InChI=1S/C14H19BrFNO/c1-18-14(5-2-6-14)9-11(17)7-10-3-4-13(16)12(15)8-10/h3-4,8,11H,2,5-7,9,17H2,1H3. The third-order valence-corrected chi connectivity index (χ3v) is 4.42. The molecule has 2 nitrogen and oxygen atoms in total. The van der Waals surface area contributed by atoms with E-state index in [4.69, 9.17) is 10.5 Å². The first kappa shape index (κ1) is 14.0. The van der Waals surface area contributed by atoms with Crippen molar-refractivity contribution < 1.29 is 9.13 Å². The fourth-order valence-electron chi connectivity index (χ4n) is 2.58. The van der Waals surface area contributed by atoms with Gasteiger partial charge in [-0.05, 0) is 65.7 Å². The maximum absolute atomic E-state index is 13.1. The lowest BCUT2D eigenvalue weighted by Gasteiger charge is -2.42. The summed E-state index contributed by atoms with van der Waals surface area (Å²) in [5.41, 5.74) is 7.23. The van der Waals surface area contributed by atoms with Gasteiger partial charge in [-0.2, -0.15) is 0 Å². The largest absolute Gasteiger partial charge is 0.378 e. The maximum Gasteiger partial charge on any atom is 0.137 e. The second-order valence-electron chi connectivity index (χ2n) is 5.16. The minimum absolute atomic E-state index is 0.00329. The van der Waals surface area contributed by atoms with Gasteiger partial charge in [0.1, 0.15) is 5.82 Å². The Balaban J connectivity index is 1.94. The summed E-state index contributed by atoms with van der Waals surface area (Å²) < 4.78 is 19.2. The van der Waals surface area contributed by atoms with Gasteiger partial charge >= 0.3 is 0 Å². The number of halogens is 2. The van der Waals surface area contributed by atoms with Crippen molar-refractivity contribution >= 4 is 15.9 Å². The maximum atomic E-state index is 13.1. The zero-order chi connectivity index (χ0) is 13.2. The van der Waals surface area contributed by atoms with Crippen LogP contribution >= 0.6 is 15.9 Å². The summed E-state index contributed by atoms with van der Waals surface area (Å²) >= 11 is 3.20. The van der Waals surface area contributed by atoms with Crippen molar-refractivity contribution in [1.29, 1.82) is 0 Å². The Kier molecular flexibility index (Phi) is 4.41. The van der Waals surface area contributed by atoms with E-state index in [9.17, 15) is 4.39 Å². The summed E-state index contributed by atoms with van der Waals surface area (Å²) in [6.45, 7) is 0. The van der Waals surface area contributed by atoms with E-state index in [1.165, 1.54) is 12.5 Å². The molecule has 0 saturated heterocycles. The van der Waals surface area contributed by atoms with Gasteiger partial charge in [-0.25, -0.2) is 4.39 Å². The van der Waals surface area contributed by atoms with E-state index in [-0.39, 0.29) is 17.5 Å². The molecule has 2 rings (SSSR count). The SMILES string of the molecule is COC1(CC(N)Cc2ccc(F)c(Br)c2)CCC1. The number of ether oxygens (including phenoxy) is 1. The Morgan fingerprint density at radius 3 is 2.72 bits per heavy atom. The second kappa shape index (κ2) is 5.68. The van der Waals surface area contributed by atoms with Crippen LogP contribution in [0.2, 0.25) is 0 Å². The molecule has 1 aliphatic carbocycles. The highest BCUT2D eigenvalue weighted by Gasteiger charge is 2.38.